The molecule has 1 saturated carbocycles. The molecule has 0 bridgehead atoms. The van der Waals surface area contributed by atoms with Gasteiger partial charge in [0, 0.05) is 18.5 Å². The summed E-state index contributed by atoms with van der Waals surface area (Å²) in [6.07, 6.45) is 9.48. The second kappa shape index (κ2) is 8.31. The summed E-state index contributed by atoms with van der Waals surface area (Å²) in [7, 11) is 0. The highest BCUT2D eigenvalue weighted by Gasteiger charge is 2.24. The third-order valence-corrected chi connectivity index (χ3v) is 5.93. The molecule has 0 aromatic carbocycles. The Morgan fingerprint density at radius 2 is 2.07 bits per heavy atom. The molecule has 7 nitrogen and oxygen atoms in total. The summed E-state index contributed by atoms with van der Waals surface area (Å²) in [5.41, 5.74) is 0.156. The highest BCUT2D eigenvalue weighted by atomic mass is 16.4. The van der Waals surface area contributed by atoms with Crippen LogP contribution in [0.25, 0.3) is 0 Å². The van der Waals surface area contributed by atoms with Crippen molar-refractivity contribution >= 4 is 11.7 Å². The average Bonchev–Trinajstić information content (AvgIpc) is 3.17. The molecule has 2 aromatic heterocycles. The molecule has 150 valence electrons. The van der Waals surface area contributed by atoms with Crippen LogP contribution >= 0.6 is 0 Å². The number of carbonyl (C=O) groups is 1. The molecule has 1 unspecified atom stereocenters. The molecule has 2 fully saturated rings. The van der Waals surface area contributed by atoms with E-state index in [1.165, 1.54) is 19.3 Å². The van der Waals surface area contributed by atoms with E-state index in [4.69, 9.17) is 4.42 Å². The number of nitrogens with one attached hydrogen (secondary N) is 2. The number of hydrogen-bond acceptors (Lipinski definition) is 5. The molecule has 1 saturated heterocycles. The third kappa shape index (κ3) is 3.90. The Labute approximate surface area is 164 Å². The Morgan fingerprint density at radius 3 is 2.79 bits per heavy atom. The van der Waals surface area contributed by atoms with Crippen molar-refractivity contribution in [2.24, 2.45) is 0 Å². The number of amides is 1. The van der Waals surface area contributed by atoms with E-state index in [1.54, 1.807) is 19.2 Å². The van der Waals surface area contributed by atoms with Crippen LogP contribution in [-0.2, 0) is 0 Å². The van der Waals surface area contributed by atoms with Crippen molar-refractivity contribution < 1.29 is 9.21 Å². The second-order valence-corrected chi connectivity index (χ2v) is 7.94. The number of aryl methyl sites for hydroxylation is 1. The molecule has 1 aliphatic carbocycles. The first-order chi connectivity index (χ1) is 13.6. The molecule has 1 atom stereocenters. The van der Waals surface area contributed by atoms with Gasteiger partial charge in [-0.1, -0.05) is 19.3 Å². The molecule has 0 radical (unpaired) electrons. The molecule has 1 amide bonds. The van der Waals surface area contributed by atoms with Crippen LogP contribution in [0.5, 0.6) is 0 Å². The van der Waals surface area contributed by atoms with Crippen LogP contribution < -0.4 is 16.3 Å². The predicted molar refractivity (Wildman–Crippen MR) is 107 cm³/mol. The molecule has 28 heavy (non-hydrogen) atoms. The van der Waals surface area contributed by atoms with Crippen molar-refractivity contribution in [2.45, 2.75) is 63.8 Å². The van der Waals surface area contributed by atoms with E-state index >= 15 is 0 Å². The van der Waals surface area contributed by atoms with Gasteiger partial charge in [-0.25, -0.2) is 9.48 Å². The van der Waals surface area contributed by atoms with Gasteiger partial charge in [-0.15, -0.1) is 0 Å². The van der Waals surface area contributed by atoms with Crippen molar-refractivity contribution in [3.8, 4) is 0 Å². The molecular weight excluding hydrogens is 356 g/mol. The zero-order valence-corrected chi connectivity index (χ0v) is 16.4. The topological polar surface area (TPSA) is 89.2 Å². The molecule has 2 N–H and O–H groups in total. The SMILES string of the molecule is Cc1cc(C2CCCNC2)oc(=O)c1C(=O)Nc1ccnn1C1CCCCC1. The third-order valence-electron chi connectivity index (χ3n) is 5.93. The molecule has 0 spiro atoms. The van der Waals surface area contributed by atoms with Gasteiger partial charge in [0.15, 0.2) is 0 Å². The lowest BCUT2D eigenvalue weighted by molar-refractivity contribution is 0.102. The van der Waals surface area contributed by atoms with Gasteiger partial charge in [0.05, 0.1) is 12.2 Å². The number of piperidine rings is 1. The van der Waals surface area contributed by atoms with E-state index in [0.29, 0.717) is 23.2 Å². The lowest BCUT2D eigenvalue weighted by Crippen LogP contribution is -2.30. The Kier molecular flexibility index (Phi) is 5.62. The highest BCUT2D eigenvalue weighted by Crippen LogP contribution is 2.30. The summed E-state index contributed by atoms with van der Waals surface area (Å²) >= 11 is 0. The molecular formula is C21H28N4O3. The fraction of sp³-hybridized carbons (Fsp3) is 0.571. The van der Waals surface area contributed by atoms with Gasteiger partial charge in [-0.05, 0) is 50.8 Å². The van der Waals surface area contributed by atoms with Crippen LogP contribution in [-0.4, -0.2) is 28.8 Å². The minimum absolute atomic E-state index is 0.0731. The van der Waals surface area contributed by atoms with Crippen molar-refractivity contribution in [3.63, 3.8) is 0 Å². The summed E-state index contributed by atoms with van der Waals surface area (Å²) in [6, 6.07) is 3.93. The van der Waals surface area contributed by atoms with Gasteiger partial charge in [0.1, 0.15) is 17.1 Å². The van der Waals surface area contributed by atoms with E-state index in [9.17, 15) is 9.59 Å². The summed E-state index contributed by atoms with van der Waals surface area (Å²) in [5, 5.41) is 10.6. The first-order valence-electron chi connectivity index (χ1n) is 10.3. The lowest BCUT2D eigenvalue weighted by Gasteiger charge is -2.24. The zero-order chi connectivity index (χ0) is 19.5. The fourth-order valence-corrected chi connectivity index (χ4v) is 4.41. The fourth-order valence-electron chi connectivity index (χ4n) is 4.41. The first-order valence-corrected chi connectivity index (χ1v) is 10.3. The molecule has 3 heterocycles. The quantitative estimate of drug-likeness (QED) is 0.844. The average molecular weight is 384 g/mol. The lowest BCUT2D eigenvalue weighted by atomic mass is 9.95. The van der Waals surface area contributed by atoms with Crippen LogP contribution in [0.3, 0.4) is 0 Å². The van der Waals surface area contributed by atoms with Gasteiger partial charge >= 0.3 is 5.63 Å². The largest absolute Gasteiger partial charge is 0.427 e. The van der Waals surface area contributed by atoms with Gasteiger partial charge in [0.2, 0.25) is 0 Å². The standard InChI is InChI=1S/C21H28N4O3/c1-14-12-17(15-6-5-10-22-13-15)28-21(27)19(14)20(26)24-18-9-11-23-25(18)16-7-3-2-4-8-16/h9,11-12,15-16,22H,2-8,10,13H2,1H3,(H,24,26). The second-order valence-electron chi connectivity index (χ2n) is 7.94. The number of hydrogen-bond donors (Lipinski definition) is 2. The minimum atomic E-state index is -0.568. The highest BCUT2D eigenvalue weighted by molar-refractivity contribution is 6.04. The zero-order valence-electron chi connectivity index (χ0n) is 16.4. The Hall–Kier alpha value is -2.41. The van der Waals surface area contributed by atoms with Crippen LogP contribution in [0.15, 0.2) is 27.5 Å². The maximum absolute atomic E-state index is 12.9. The maximum atomic E-state index is 12.9. The van der Waals surface area contributed by atoms with Gasteiger partial charge in [-0.2, -0.15) is 5.10 Å². The van der Waals surface area contributed by atoms with E-state index in [0.717, 1.165) is 38.8 Å². The Morgan fingerprint density at radius 1 is 1.25 bits per heavy atom. The molecule has 2 aromatic rings. The Balaban J connectivity index is 1.54. The van der Waals surface area contributed by atoms with Crippen molar-refractivity contribution in [3.05, 3.63) is 45.6 Å². The Bertz CT molecular complexity index is 889. The van der Waals surface area contributed by atoms with Crippen LogP contribution in [0.2, 0.25) is 0 Å². The molecule has 7 heteroatoms. The van der Waals surface area contributed by atoms with Gasteiger partial charge in [-0.3, -0.25) is 4.79 Å². The van der Waals surface area contributed by atoms with Crippen molar-refractivity contribution in [1.29, 1.82) is 0 Å². The van der Waals surface area contributed by atoms with Crippen LogP contribution in [0, 0.1) is 6.92 Å². The van der Waals surface area contributed by atoms with Crippen LogP contribution in [0.4, 0.5) is 5.82 Å². The number of carbonyl (C=O) groups excluding carboxylic acids is 1. The normalized spacial score (nSPS) is 20.8. The number of rotatable bonds is 4. The summed E-state index contributed by atoms with van der Waals surface area (Å²) in [5.74, 6) is 1.05. The van der Waals surface area contributed by atoms with Crippen LogP contribution in [0.1, 0.15) is 78.6 Å². The van der Waals surface area contributed by atoms with E-state index in [1.807, 2.05) is 10.7 Å². The summed E-state index contributed by atoms with van der Waals surface area (Å²) in [4.78, 5) is 25.4. The van der Waals surface area contributed by atoms with E-state index < -0.39 is 11.5 Å². The summed E-state index contributed by atoms with van der Waals surface area (Å²) in [6.45, 7) is 3.59. The van der Waals surface area contributed by atoms with Gasteiger partial charge < -0.3 is 15.1 Å². The predicted octanol–water partition coefficient (Wildman–Crippen LogP) is 3.37. The van der Waals surface area contributed by atoms with E-state index in [-0.39, 0.29) is 11.5 Å². The minimum Gasteiger partial charge on any atom is -0.427 e. The number of anilines is 1. The molecule has 1 aliphatic heterocycles. The molecule has 2 aliphatic rings. The monoisotopic (exact) mass is 384 g/mol. The van der Waals surface area contributed by atoms with Crippen molar-refractivity contribution in [2.75, 3.05) is 18.4 Å². The van der Waals surface area contributed by atoms with E-state index in [2.05, 4.69) is 15.7 Å². The molecule has 4 rings (SSSR count). The number of nitrogens with zero attached hydrogens (tertiary/aromatic N) is 2. The maximum Gasteiger partial charge on any atom is 0.349 e. The summed E-state index contributed by atoms with van der Waals surface area (Å²) < 4.78 is 7.42. The first kappa shape index (κ1) is 18.9. The van der Waals surface area contributed by atoms with Crippen molar-refractivity contribution in [1.82, 2.24) is 15.1 Å². The van der Waals surface area contributed by atoms with Gasteiger partial charge in [0.25, 0.3) is 5.91 Å². The smallest absolute Gasteiger partial charge is 0.349 e. The number of aromatic nitrogens is 2.